The number of aromatic amines is 2. The predicted molar refractivity (Wildman–Crippen MR) is 107 cm³/mol. The third-order valence-corrected chi connectivity index (χ3v) is 4.49. The molecule has 9 heteroatoms. The van der Waals surface area contributed by atoms with Gasteiger partial charge < -0.3 is 15.8 Å². The summed E-state index contributed by atoms with van der Waals surface area (Å²) >= 11 is 0. The molecular weight excluding hydrogens is 362 g/mol. The molecule has 0 saturated heterocycles. The van der Waals surface area contributed by atoms with E-state index in [0.29, 0.717) is 30.8 Å². The summed E-state index contributed by atoms with van der Waals surface area (Å²) in [6.07, 6.45) is 1.40. The van der Waals surface area contributed by atoms with Crippen LogP contribution in [0, 0.1) is 0 Å². The van der Waals surface area contributed by atoms with Crippen molar-refractivity contribution < 1.29 is 9.53 Å². The quantitative estimate of drug-likeness (QED) is 0.504. The first kappa shape index (κ1) is 21.6. The van der Waals surface area contributed by atoms with Crippen molar-refractivity contribution in [1.29, 1.82) is 0 Å². The molecule has 0 aliphatic rings. The van der Waals surface area contributed by atoms with Gasteiger partial charge in [0.05, 0.1) is 11.3 Å². The number of nitrogens with one attached hydrogen (secondary N) is 3. The highest BCUT2D eigenvalue weighted by Crippen LogP contribution is 2.17. The van der Waals surface area contributed by atoms with Crippen LogP contribution in [0.25, 0.3) is 5.69 Å². The van der Waals surface area contributed by atoms with Crippen LogP contribution in [0.3, 0.4) is 0 Å². The van der Waals surface area contributed by atoms with Crippen LogP contribution in [-0.2, 0) is 4.74 Å². The van der Waals surface area contributed by atoms with Crippen molar-refractivity contribution in [3.8, 4) is 5.69 Å². The number of nitrogens with two attached hydrogens (primary N) is 1. The van der Waals surface area contributed by atoms with Crippen molar-refractivity contribution in [2.24, 2.45) is 5.73 Å². The van der Waals surface area contributed by atoms with E-state index in [2.05, 4.69) is 15.5 Å². The molecule has 1 heterocycles. The van der Waals surface area contributed by atoms with Gasteiger partial charge >= 0.3 is 11.4 Å². The first-order valence-electron chi connectivity index (χ1n) is 9.21. The molecule has 0 radical (unpaired) electrons. The van der Waals surface area contributed by atoms with Gasteiger partial charge in [0.15, 0.2) is 0 Å². The van der Waals surface area contributed by atoms with Gasteiger partial charge in [-0.05, 0) is 71.3 Å². The minimum Gasteiger partial charge on any atom is -0.375 e. The van der Waals surface area contributed by atoms with Crippen LogP contribution in [0.4, 0.5) is 0 Å². The summed E-state index contributed by atoms with van der Waals surface area (Å²) in [7, 11) is 0. The lowest BCUT2D eigenvalue weighted by Gasteiger charge is -2.30. The summed E-state index contributed by atoms with van der Waals surface area (Å²) in [6, 6.07) is 6.23. The minimum absolute atomic E-state index is 0.243. The van der Waals surface area contributed by atoms with Gasteiger partial charge in [-0.1, -0.05) is 0 Å². The SMILES string of the molecule is CC(C)(CCOC(C)(C)CCN)NC(=O)c1ccc(-n2c(=O)[nH][nH]c2=O)cc1. The maximum absolute atomic E-state index is 12.5. The molecule has 28 heavy (non-hydrogen) atoms. The number of amides is 1. The predicted octanol–water partition coefficient (Wildman–Crippen LogP) is 0.896. The topological polar surface area (TPSA) is 135 Å². The first-order valence-corrected chi connectivity index (χ1v) is 9.21. The van der Waals surface area contributed by atoms with Crippen LogP contribution in [0.15, 0.2) is 33.9 Å². The normalized spacial score (nSPS) is 12.2. The molecule has 0 fully saturated rings. The number of ether oxygens (including phenoxy) is 1. The molecule has 0 aliphatic carbocycles. The smallest absolute Gasteiger partial charge is 0.348 e. The number of carbonyl (C=O) groups is 1. The van der Waals surface area contributed by atoms with E-state index in [4.69, 9.17) is 10.5 Å². The Morgan fingerprint density at radius 2 is 1.64 bits per heavy atom. The summed E-state index contributed by atoms with van der Waals surface area (Å²) in [5, 5.41) is 7.41. The number of benzene rings is 1. The van der Waals surface area contributed by atoms with Crippen molar-refractivity contribution in [3.63, 3.8) is 0 Å². The third kappa shape index (κ3) is 5.67. The van der Waals surface area contributed by atoms with E-state index in [9.17, 15) is 14.4 Å². The molecule has 0 bridgehead atoms. The highest BCUT2D eigenvalue weighted by molar-refractivity contribution is 5.94. The van der Waals surface area contributed by atoms with Crippen molar-refractivity contribution in [3.05, 3.63) is 50.8 Å². The van der Waals surface area contributed by atoms with Gasteiger partial charge in [0.25, 0.3) is 5.91 Å². The zero-order chi connectivity index (χ0) is 20.9. The maximum Gasteiger partial charge on any atom is 0.348 e. The summed E-state index contributed by atoms with van der Waals surface area (Å²) in [4.78, 5) is 35.8. The summed E-state index contributed by atoms with van der Waals surface area (Å²) in [5.74, 6) is -0.243. The maximum atomic E-state index is 12.5. The molecule has 0 aliphatic heterocycles. The second-order valence-electron chi connectivity index (χ2n) is 7.98. The van der Waals surface area contributed by atoms with Crippen LogP contribution >= 0.6 is 0 Å². The Bertz CT molecular complexity index is 878. The largest absolute Gasteiger partial charge is 0.375 e. The molecule has 154 valence electrons. The Labute approximate surface area is 163 Å². The van der Waals surface area contributed by atoms with Crippen molar-refractivity contribution in [2.75, 3.05) is 13.2 Å². The van der Waals surface area contributed by atoms with E-state index < -0.39 is 16.9 Å². The Morgan fingerprint density at radius 3 is 2.18 bits per heavy atom. The van der Waals surface area contributed by atoms with Crippen molar-refractivity contribution >= 4 is 5.91 Å². The third-order valence-electron chi connectivity index (χ3n) is 4.49. The van der Waals surface area contributed by atoms with Gasteiger partial charge in [0.1, 0.15) is 0 Å². The van der Waals surface area contributed by atoms with E-state index in [1.165, 1.54) is 0 Å². The summed E-state index contributed by atoms with van der Waals surface area (Å²) in [6.45, 7) is 8.90. The first-order chi connectivity index (χ1) is 13.0. The molecular formula is C19H29N5O4. The van der Waals surface area contributed by atoms with Gasteiger partial charge in [0.2, 0.25) is 0 Å². The lowest BCUT2D eigenvalue weighted by Crippen LogP contribution is -2.44. The number of nitrogens with zero attached hydrogens (tertiary/aromatic N) is 1. The van der Waals surface area contributed by atoms with Crippen LogP contribution in [0.2, 0.25) is 0 Å². The monoisotopic (exact) mass is 391 g/mol. The average molecular weight is 391 g/mol. The van der Waals surface area contributed by atoms with Crippen LogP contribution < -0.4 is 22.4 Å². The lowest BCUT2D eigenvalue weighted by molar-refractivity contribution is -0.0286. The second kappa shape index (κ2) is 8.57. The van der Waals surface area contributed by atoms with E-state index >= 15 is 0 Å². The molecule has 0 spiro atoms. The number of aromatic nitrogens is 3. The molecule has 0 atom stereocenters. The standard InChI is InChI=1S/C19H29N5O4/c1-18(2,10-12-28-19(3,4)9-11-20)21-15(25)13-5-7-14(8-6-13)24-16(26)22-23-17(24)27/h5-8H,9-12,20H2,1-4H3,(H,21,25)(H,22,26)(H,23,27). The van der Waals surface area contributed by atoms with Gasteiger partial charge in [-0.15, -0.1) is 0 Å². The van der Waals surface area contributed by atoms with Crippen LogP contribution in [0.5, 0.6) is 0 Å². The number of rotatable bonds is 9. The van der Waals surface area contributed by atoms with Crippen molar-refractivity contribution in [1.82, 2.24) is 20.1 Å². The van der Waals surface area contributed by atoms with E-state index in [0.717, 1.165) is 11.0 Å². The fourth-order valence-corrected chi connectivity index (χ4v) is 2.75. The molecule has 0 unspecified atom stereocenters. The number of hydrogen-bond donors (Lipinski definition) is 4. The van der Waals surface area contributed by atoms with Crippen LogP contribution in [-0.4, -0.2) is 45.0 Å². The molecule has 2 rings (SSSR count). The highest BCUT2D eigenvalue weighted by Gasteiger charge is 2.24. The van der Waals surface area contributed by atoms with E-state index in [1.54, 1.807) is 24.3 Å². The molecule has 0 saturated carbocycles. The minimum atomic E-state index is -0.569. The van der Waals surface area contributed by atoms with Crippen LogP contribution in [0.1, 0.15) is 50.9 Å². The van der Waals surface area contributed by atoms with Crippen molar-refractivity contribution in [2.45, 2.75) is 51.7 Å². The molecule has 5 N–H and O–H groups in total. The van der Waals surface area contributed by atoms with Gasteiger partial charge in [-0.2, -0.15) is 0 Å². The fourth-order valence-electron chi connectivity index (χ4n) is 2.75. The molecule has 2 aromatic rings. The van der Waals surface area contributed by atoms with Gasteiger partial charge in [-0.3, -0.25) is 4.79 Å². The fraction of sp³-hybridized carbons (Fsp3) is 0.526. The zero-order valence-electron chi connectivity index (χ0n) is 16.8. The van der Waals surface area contributed by atoms with E-state index in [1.807, 2.05) is 27.7 Å². The lowest BCUT2D eigenvalue weighted by atomic mass is 9.99. The molecule has 1 amide bonds. The Morgan fingerprint density at radius 1 is 1.07 bits per heavy atom. The molecule has 1 aromatic carbocycles. The second-order valence-corrected chi connectivity index (χ2v) is 7.98. The Kier molecular flexibility index (Phi) is 6.63. The molecule has 9 nitrogen and oxygen atoms in total. The summed E-state index contributed by atoms with van der Waals surface area (Å²) in [5.41, 5.74) is 4.49. The van der Waals surface area contributed by atoms with Gasteiger partial charge in [-0.25, -0.2) is 24.4 Å². The average Bonchev–Trinajstić information content (AvgIpc) is 2.92. The van der Waals surface area contributed by atoms with E-state index in [-0.39, 0.29) is 11.5 Å². The number of H-pyrrole nitrogens is 2. The summed E-state index contributed by atoms with van der Waals surface area (Å²) < 4.78 is 6.82. The molecule has 1 aromatic heterocycles. The Hall–Kier alpha value is -2.65. The zero-order valence-corrected chi connectivity index (χ0v) is 16.8. The Balaban J connectivity index is 1.98. The number of carbonyl (C=O) groups excluding carboxylic acids is 1. The highest BCUT2D eigenvalue weighted by atomic mass is 16.5. The number of hydrogen-bond acceptors (Lipinski definition) is 5. The van der Waals surface area contributed by atoms with Gasteiger partial charge in [0, 0.05) is 17.7 Å².